The quantitative estimate of drug-likeness (QED) is 0.614. The van der Waals surface area contributed by atoms with Gasteiger partial charge in [-0.3, -0.25) is 4.99 Å². The van der Waals surface area contributed by atoms with Gasteiger partial charge in [-0.1, -0.05) is 0 Å². The van der Waals surface area contributed by atoms with Crippen molar-refractivity contribution in [3.05, 3.63) is 18.2 Å². The molecule has 0 radical (unpaired) electrons. The van der Waals surface area contributed by atoms with Crippen LogP contribution in [0.15, 0.2) is 23.2 Å². The number of hydrogen-bond donors (Lipinski definition) is 2. The van der Waals surface area contributed by atoms with Gasteiger partial charge >= 0.3 is 0 Å². The smallest absolute Gasteiger partial charge is 0.193 e. The van der Waals surface area contributed by atoms with Gasteiger partial charge in [-0.2, -0.15) is 0 Å². The number of hydrogen-bond acceptors (Lipinski definition) is 4. The van der Waals surface area contributed by atoms with E-state index >= 15 is 0 Å². The number of benzene rings is 1. The van der Waals surface area contributed by atoms with E-state index in [2.05, 4.69) is 10.3 Å². The van der Waals surface area contributed by atoms with Gasteiger partial charge in [0.2, 0.25) is 0 Å². The number of nitrogens with two attached hydrogens (primary N) is 1. The Morgan fingerprint density at radius 1 is 1.20 bits per heavy atom. The Labute approximate surface area is 119 Å². The number of ether oxygens (including phenoxy) is 3. The summed E-state index contributed by atoms with van der Waals surface area (Å²) in [5.74, 6) is 1.61. The van der Waals surface area contributed by atoms with Gasteiger partial charge in [0, 0.05) is 18.9 Å². The van der Waals surface area contributed by atoms with Gasteiger partial charge in [0.15, 0.2) is 17.5 Å². The maximum absolute atomic E-state index is 5.84. The molecule has 0 aliphatic heterocycles. The first-order valence-electron chi connectivity index (χ1n) is 6.26. The molecule has 0 heterocycles. The van der Waals surface area contributed by atoms with Crippen LogP contribution >= 0.6 is 0 Å². The monoisotopic (exact) mass is 281 g/mol. The van der Waals surface area contributed by atoms with Gasteiger partial charge in [-0.15, -0.1) is 0 Å². The highest BCUT2D eigenvalue weighted by molar-refractivity contribution is 5.92. The van der Waals surface area contributed by atoms with E-state index in [1.54, 1.807) is 33.5 Å². The molecule has 0 amide bonds. The number of nitrogens with zero attached hydrogens (tertiary/aromatic N) is 1. The van der Waals surface area contributed by atoms with Gasteiger partial charge in [-0.05, 0) is 26.0 Å². The van der Waals surface area contributed by atoms with Crippen LogP contribution in [0.3, 0.4) is 0 Å². The molecule has 112 valence electrons. The lowest BCUT2D eigenvalue weighted by molar-refractivity contribution is 0.0312. The molecule has 6 nitrogen and oxygen atoms in total. The zero-order chi connectivity index (χ0) is 15.2. The van der Waals surface area contributed by atoms with Crippen LogP contribution in [0.1, 0.15) is 13.8 Å². The summed E-state index contributed by atoms with van der Waals surface area (Å²) in [6.07, 6.45) is 0. The Kier molecular flexibility index (Phi) is 5.64. The molecule has 1 rings (SSSR count). The lowest BCUT2D eigenvalue weighted by Crippen LogP contribution is -2.30. The van der Waals surface area contributed by atoms with E-state index < -0.39 is 0 Å². The second-order valence-electron chi connectivity index (χ2n) is 4.86. The average molecular weight is 281 g/mol. The van der Waals surface area contributed by atoms with Crippen LogP contribution in [-0.2, 0) is 4.74 Å². The number of nitrogens with one attached hydrogen (secondary N) is 1. The molecule has 1 aromatic rings. The van der Waals surface area contributed by atoms with Crippen molar-refractivity contribution in [3.63, 3.8) is 0 Å². The molecule has 0 bridgehead atoms. The maximum Gasteiger partial charge on any atom is 0.193 e. The number of aliphatic imine (C=N–C) groups is 1. The first-order valence-corrected chi connectivity index (χ1v) is 6.26. The van der Waals surface area contributed by atoms with Crippen LogP contribution in [0.5, 0.6) is 11.5 Å². The van der Waals surface area contributed by atoms with Crippen molar-refractivity contribution in [1.29, 1.82) is 0 Å². The molecule has 0 aromatic heterocycles. The number of methoxy groups -OCH3 is 3. The molecule has 6 heteroatoms. The van der Waals surface area contributed by atoms with E-state index in [1.165, 1.54) is 0 Å². The normalized spacial score (nSPS) is 12.2. The van der Waals surface area contributed by atoms with Crippen molar-refractivity contribution < 1.29 is 14.2 Å². The molecule has 3 N–H and O–H groups in total. The van der Waals surface area contributed by atoms with E-state index in [9.17, 15) is 0 Å². The molecule has 0 fully saturated rings. The first kappa shape index (κ1) is 16.1. The third kappa shape index (κ3) is 4.62. The van der Waals surface area contributed by atoms with Crippen LogP contribution in [-0.4, -0.2) is 39.4 Å². The summed E-state index contributed by atoms with van der Waals surface area (Å²) < 4.78 is 15.7. The summed E-state index contributed by atoms with van der Waals surface area (Å²) in [6, 6.07) is 5.43. The molecule has 0 aliphatic carbocycles. The zero-order valence-corrected chi connectivity index (χ0v) is 12.7. The second kappa shape index (κ2) is 7.00. The molecule has 0 saturated carbocycles. The molecule has 0 aliphatic rings. The number of guanidine groups is 1. The lowest BCUT2D eigenvalue weighted by atomic mass is 10.1. The summed E-state index contributed by atoms with van der Waals surface area (Å²) in [5.41, 5.74) is 6.27. The summed E-state index contributed by atoms with van der Waals surface area (Å²) in [6.45, 7) is 4.36. The van der Waals surface area contributed by atoms with Crippen LogP contribution in [0.25, 0.3) is 0 Å². The minimum absolute atomic E-state index is 0.322. The van der Waals surface area contributed by atoms with E-state index in [-0.39, 0.29) is 5.60 Å². The zero-order valence-electron chi connectivity index (χ0n) is 12.7. The highest BCUT2D eigenvalue weighted by Gasteiger charge is 2.15. The SMILES string of the molecule is COc1ccc(NC(N)=NCC(C)(C)OC)cc1OC. The molecular formula is C14H23N3O3. The minimum Gasteiger partial charge on any atom is -0.493 e. The largest absolute Gasteiger partial charge is 0.493 e. The minimum atomic E-state index is -0.343. The first-order chi connectivity index (χ1) is 9.41. The Balaban J connectivity index is 2.75. The van der Waals surface area contributed by atoms with Gasteiger partial charge in [0.25, 0.3) is 0 Å². The highest BCUT2D eigenvalue weighted by Crippen LogP contribution is 2.29. The molecule has 0 spiro atoms. The third-order valence-corrected chi connectivity index (χ3v) is 2.84. The summed E-state index contributed by atoms with van der Waals surface area (Å²) >= 11 is 0. The van der Waals surface area contributed by atoms with Gasteiger partial charge in [-0.25, -0.2) is 0 Å². The molecular weight excluding hydrogens is 258 g/mol. The summed E-state index contributed by atoms with van der Waals surface area (Å²) in [5, 5.41) is 3.00. The Morgan fingerprint density at radius 3 is 2.40 bits per heavy atom. The maximum atomic E-state index is 5.84. The molecule has 20 heavy (non-hydrogen) atoms. The standard InChI is InChI=1S/C14H23N3O3/c1-14(2,20-5)9-16-13(15)17-10-6-7-11(18-3)12(8-10)19-4/h6-8H,9H2,1-5H3,(H3,15,16,17). The average Bonchev–Trinajstić information content (AvgIpc) is 2.45. The van der Waals surface area contributed by atoms with Gasteiger partial charge < -0.3 is 25.3 Å². The van der Waals surface area contributed by atoms with Crippen molar-refractivity contribution in [2.45, 2.75) is 19.4 Å². The Morgan fingerprint density at radius 2 is 1.85 bits per heavy atom. The highest BCUT2D eigenvalue weighted by atomic mass is 16.5. The molecule has 0 unspecified atom stereocenters. The van der Waals surface area contributed by atoms with E-state index in [1.807, 2.05) is 19.9 Å². The Hall–Kier alpha value is -1.95. The lowest BCUT2D eigenvalue weighted by Gasteiger charge is -2.20. The van der Waals surface area contributed by atoms with Crippen molar-refractivity contribution in [2.75, 3.05) is 33.2 Å². The predicted octanol–water partition coefficient (Wildman–Crippen LogP) is 1.86. The molecule has 0 saturated heterocycles. The van der Waals surface area contributed by atoms with Crippen LogP contribution < -0.4 is 20.5 Å². The van der Waals surface area contributed by atoms with E-state index in [0.717, 1.165) is 5.69 Å². The van der Waals surface area contributed by atoms with Crippen LogP contribution in [0.4, 0.5) is 5.69 Å². The Bertz CT molecular complexity index is 473. The third-order valence-electron chi connectivity index (χ3n) is 2.84. The summed E-state index contributed by atoms with van der Waals surface area (Å²) in [4.78, 5) is 4.25. The summed E-state index contributed by atoms with van der Waals surface area (Å²) in [7, 11) is 4.82. The second-order valence-corrected chi connectivity index (χ2v) is 4.86. The van der Waals surface area contributed by atoms with E-state index in [0.29, 0.717) is 24.0 Å². The fourth-order valence-corrected chi connectivity index (χ4v) is 1.44. The number of anilines is 1. The van der Waals surface area contributed by atoms with Crippen molar-refractivity contribution in [1.82, 2.24) is 0 Å². The van der Waals surface area contributed by atoms with E-state index in [4.69, 9.17) is 19.9 Å². The fourth-order valence-electron chi connectivity index (χ4n) is 1.44. The fraction of sp³-hybridized carbons (Fsp3) is 0.500. The van der Waals surface area contributed by atoms with Gasteiger partial charge in [0.1, 0.15) is 0 Å². The number of rotatable bonds is 6. The van der Waals surface area contributed by atoms with Crippen LogP contribution in [0.2, 0.25) is 0 Å². The van der Waals surface area contributed by atoms with Gasteiger partial charge in [0.05, 0.1) is 26.4 Å². The predicted molar refractivity (Wildman–Crippen MR) is 80.7 cm³/mol. The topological polar surface area (TPSA) is 78.1 Å². The molecule has 1 aromatic carbocycles. The van der Waals surface area contributed by atoms with Crippen LogP contribution in [0, 0.1) is 0 Å². The van der Waals surface area contributed by atoms with Crippen molar-refractivity contribution >= 4 is 11.6 Å². The van der Waals surface area contributed by atoms with Crippen molar-refractivity contribution in [3.8, 4) is 11.5 Å². The molecule has 0 atom stereocenters. The van der Waals surface area contributed by atoms with Crippen molar-refractivity contribution in [2.24, 2.45) is 10.7 Å².